The Hall–Kier alpha value is -2.63. The van der Waals surface area contributed by atoms with E-state index in [1.807, 2.05) is 31.2 Å². The maximum atomic E-state index is 5.79. The number of aromatic nitrogens is 4. The van der Waals surface area contributed by atoms with Crippen LogP contribution in [0.1, 0.15) is 18.1 Å². The molecule has 0 amide bonds. The Morgan fingerprint density at radius 2 is 2.15 bits per heavy atom. The average Bonchev–Trinajstić information content (AvgIpc) is 2.81. The number of fused-ring (bicyclic) bond motifs is 1. The zero-order valence-electron chi connectivity index (χ0n) is 11.5. The molecule has 3 aromatic rings. The Morgan fingerprint density at radius 3 is 2.90 bits per heavy atom. The molecule has 6 heteroatoms. The molecule has 1 aromatic carbocycles. The summed E-state index contributed by atoms with van der Waals surface area (Å²) < 4.78 is 1.68. The monoisotopic (exact) mass is 268 g/mol. The number of hydrogen-bond donors (Lipinski definition) is 2. The minimum absolute atomic E-state index is 0.239. The van der Waals surface area contributed by atoms with Crippen LogP contribution >= 0.6 is 0 Å². The van der Waals surface area contributed by atoms with Gasteiger partial charge in [-0.15, -0.1) is 0 Å². The lowest BCUT2D eigenvalue weighted by molar-refractivity contribution is 0.908. The van der Waals surface area contributed by atoms with Crippen LogP contribution in [-0.4, -0.2) is 19.6 Å². The molecule has 0 saturated carbocycles. The number of nitrogens with one attached hydrogen (secondary N) is 1. The zero-order valence-corrected chi connectivity index (χ0v) is 11.5. The molecule has 3 N–H and O–H groups in total. The fraction of sp³-hybridized carbons (Fsp3) is 0.214. The molecule has 0 bridgehead atoms. The summed E-state index contributed by atoms with van der Waals surface area (Å²) in [7, 11) is 0. The smallest absolute Gasteiger partial charge is 0.233 e. The summed E-state index contributed by atoms with van der Waals surface area (Å²) in [6.07, 6.45) is 2.65. The van der Waals surface area contributed by atoms with Gasteiger partial charge in [-0.2, -0.15) is 19.6 Å². The molecular formula is C14H16N6. The van der Waals surface area contributed by atoms with Crippen LogP contribution in [-0.2, 0) is 6.42 Å². The lowest BCUT2D eigenvalue weighted by Gasteiger charge is -2.08. The highest BCUT2D eigenvalue weighted by molar-refractivity contribution is 5.60. The van der Waals surface area contributed by atoms with Crippen molar-refractivity contribution in [3.05, 3.63) is 41.6 Å². The molecule has 0 aliphatic heterocycles. The molecule has 0 radical (unpaired) electrons. The van der Waals surface area contributed by atoms with Crippen LogP contribution in [0.3, 0.4) is 0 Å². The minimum atomic E-state index is 0.239. The number of aryl methyl sites for hydroxylation is 2. The van der Waals surface area contributed by atoms with E-state index in [2.05, 4.69) is 27.3 Å². The summed E-state index contributed by atoms with van der Waals surface area (Å²) in [5.74, 6) is 0.806. The first kappa shape index (κ1) is 12.4. The van der Waals surface area contributed by atoms with Gasteiger partial charge in [0.25, 0.3) is 0 Å². The third-order valence-electron chi connectivity index (χ3n) is 3.11. The second kappa shape index (κ2) is 4.80. The van der Waals surface area contributed by atoms with Crippen molar-refractivity contribution < 1.29 is 0 Å². The van der Waals surface area contributed by atoms with Crippen molar-refractivity contribution in [2.45, 2.75) is 20.3 Å². The Balaban J connectivity index is 2.09. The predicted molar refractivity (Wildman–Crippen MR) is 79.0 cm³/mol. The van der Waals surface area contributed by atoms with Crippen LogP contribution in [0, 0.1) is 6.92 Å². The van der Waals surface area contributed by atoms with E-state index in [1.165, 1.54) is 5.56 Å². The molecule has 2 heterocycles. The van der Waals surface area contributed by atoms with E-state index in [4.69, 9.17) is 5.73 Å². The second-order valence-electron chi connectivity index (χ2n) is 4.66. The van der Waals surface area contributed by atoms with Gasteiger partial charge in [0, 0.05) is 11.3 Å². The van der Waals surface area contributed by atoms with Crippen LogP contribution < -0.4 is 11.1 Å². The SMILES string of the molecule is CCc1cnn2c(Nc3cccc(C)c3)nc(N)nc12. The van der Waals surface area contributed by atoms with E-state index < -0.39 is 0 Å². The molecule has 0 saturated heterocycles. The normalized spacial score (nSPS) is 10.9. The Kier molecular flexibility index (Phi) is 2.98. The van der Waals surface area contributed by atoms with Gasteiger partial charge in [-0.1, -0.05) is 19.1 Å². The first-order chi connectivity index (χ1) is 9.67. The Morgan fingerprint density at radius 1 is 1.30 bits per heavy atom. The van der Waals surface area contributed by atoms with E-state index in [9.17, 15) is 0 Å². The third kappa shape index (κ3) is 2.16. The molecule has 3 rings (SSSR count). The summed E-state index contributed by atoms with van der Waals surface area (Å²) >= 11 is 0. The quantitative estimate of drug-likeness (QED) is 0.762. The van der Waals surface area contributed by atoms with Crippen molar-refractivity contribution in [1.29, 1.82) is 0 Å². The molecule has 102 valence electrons. The lowest BCUT2D eigenvalue weighted by Crippen LogP contribution is -2.07. The molecule has 0 aliphatic rings. The van der Waals surface area contributed by atoms with E-state index in [0.29, 0.717) is 5.95 Å². The molecule has 20 heavy (non-hydrogen) atoms. The number of rotatable bonds is 3. The van der Waals surface area contributed by atoms with Crippen molar-refractivity contribution in [2.24, 2.45) is 0 Å². The number of nitrogen functional groups attached to an aromatic ring is 1. The third-order valence-corrected chi connectivity index (χ3v) is 3.11. The fourth-order valence-electron chi connectivity index (χ4n) is 2.12. The van der Waals surface area contributed by atoms with Gasteiger partial charge in [0.2, 0.25) is 11.9 Å². The highest BCUT2D eigenvalue weighted by atomic mass is 15.4. The maximum Gasteiger partial charge on any atom is 0.233 e. The number of hydrogen-bond acceptors (Lipinski definition) is 5. The van der Waals surface area contributed by atoms with Crippen LogP contribution in [0.4, 0.5) is 17.6 Å². The van der Waals surface area contributed by atoms with E-state index in [-0.39, 0.29) is 5.95 Å². The Labute approximate surface area is 116 Å². The largest absolute Gasteiger partial charge is 0.368 e. The highest BCUT2D eigenvalue weighted by Gasteiger charge is 2.11. The standard InChI is InChI=1S/C14H16N6/c1-3-10-8-16-20-12(10)18-13(15)19-14(20)17-11-6-4-5-9(2)7-11/h4-8H,3H2,1-2H3,(H3,15,17,18,19). The first-order valence-corrected chi connectivity index (χ1v) is 6.51. The van der Waals surface area contributed by atoms with Crippen molar-refractivity contribution in [2.75, 3.05) is 11.1 Å². The topological polar surface area (TPSA) is 81.1 Å². The van der Waals surface area contributed by atoms with Gasteiger partial charge < -0.3 is 11.1 Å². The molecule has 0 fully saturated rings. The second-order valence-corrected chi connectivity index (χ2v) is 4.66. The highest BCUT2D eigenvalue weighted by Crippen LogP contribution is 2.19. The zero-order chi connectivity index (χ0) is 14.1. The van der Waals surface area contributed by atoms with E-state index >= 15 is 0 Å². The molecule has 0 atom stereocenters. The molecule has 0 spiro atoms. The van der Waals surface area contributed by atoms with Crippen molar-refractivity contribution in [1.82, 2.24) is 19.6 Å². The van der Waals surface area contributed by atoms with Crippen molar-refractivity contribution in [3.63, 3.8) is 0 Å². The summed E-state index contributed by atoms with van der Waals surface area (Å²) in [6.45, 7) is 4.10. The molecular weight excluding hydrogens is 252 g/mol. The molecule has 2 aromatic heterocycles. The van der Waals surface area contributed by atoms with Gasteiger partial charge in [0.15, 0.2) is 5.65 Å². The molecule has 0 aliphatic carbocycles. The summed E-state index contributed by atoms with van der Waals surface area (Å²) in [5, 5.41) is 7.56. The number of anilines is 3. The number of nitrogens with zero attached hydrogens (tertiary/aromatic N) is 4. The average molecular weight is 268 g/mol. The first-order valence-electron chi connectivity index (χ1n) is 6.51. The van der Waals surface area contributed by atoms with Crippen molar-refractivity contribution >= 4 is 23.2 Å². The van der Waals surface area contributed by atoms with Gasteiger partial charge in [0.05, 0.1) is 6.20 Å². The summed E-state index contributed by atoms with van der Waals surface area (Å²) in [6, 6.07) is 8.04. The molecule has 6 nitrogen and oxygen atoms in total. The predicted octanol–water partition coefficient (Wildman–Crippen LogP) is 2.32. The fourth-order valence-corrected chi connectivity index (χ4v) is 2.12. The van der Waals surface area contributed by atoms with E-state index in [0.717, 1.165) is 23.3 Å². The van der Waals surface area contributed by atoms with Gasteiger partial charge in [0.1, 0.15) is 0 Å². The van der Waals surface area contributed by atoms with Gasteiger partial charge >= 0.3 is 0 Å². The van der Waals surface area contributed by atoms with Crippen molar-refractivity contribution in [3.8, 4) is 0 Å². The number of nitrogens with two attached hydrogens (primary N) is 1. The summed E-state index contributed by atoms with van der Waals surface area (Å²) in [5.41, 5.74) is 9.69. The number of benzene rings is 1. The van der Waals surface area contributed by atoms with Crippen LogP contribution in [0.5, 0.6) is 0 Å². The van der Waals surface area contributed by atoms with Crippen LogP contribution in [0.2, 0.25) is 0 Å². The lowest BCUT2D eigenvalue weighted by atomic mass is 10.2. The van der Waals surface area contributed by atoms with Crippen LogP contribution in [0.25, 0.3) is 5.65 Å². The summed E-state index contributed by atoms with van der Waals surface area (Å²) in [4.78, 5) is 8.48. The van der Waals surface area contributed by atoms with Gasteiger partial charge in [-0.25, -0.2) is 0 Å². The van der Waals surface area contributed by atoms with Crippen LogP contribution in [0.15, 0.2) is 30.5 Å². The Bertz CT molecular complexity index is 761. The maximum absolute atomic E-state index is 5.79. The van der Waals surface area contributed by atoms with Gasteiger partial charge in [-0.3, -0.25) is 0 Å². The van der Waals surface area contributed by atoms with Gasteiger partial charge in [-0.05, 0) is 31.0 Å². The minimum Gasteiger partial charge on any atom is -0.368 e. The van der Waals surface area contributed by atoms with E-state index in [1.54, 1.807) is 10.7 Å². The molecule has 0 unspecified atom stereocenters.